The molecule has 2 rings (SSSR count). The number of aromatic nitrogens is 1. The number of hydrogen-bond donors (Lipinski definition) is 2. The van der Waals surface area contributed by atoms with Gasteiger partial charge in [0.1, 0.15) is 0 Å². The molecule has 1 aromatic carbocycles. The van der Waals surface area contributed by atoms with E-state index in [1.165, 1.54) is 0 Å². The first-order chi connectivity index (χ1) is 8.49. The Morgan fingerprint density at radius 3 is 2.56 bits per heavy atom. The van der Waals surface area contributed by atoms with E-state index in [0.29, 0.717) is 17.7 Å². The number of nitrogen functional groups attached to an aromatic ring is 1. The Hall–Kier alpha value is -1.39. The van der Waals surface area contributed by atoms with E-state index in [9.17, 15) is 5.11 Å². The fraction of sp³-hybridized carbons (Fsp3) is 0.214. The van der Waals surface area contributed by atoms with Crippen LogP contribution < -0.4 is 5.73 Å². The van der Waals surface area contributed by atoms with Gasteiger partial charge in [0.2, 0.25) is 0 Å². The van der Waals surface area contributed by atoms with E-state index in [2.05, 4.69) is 20.9 Å². The lowest BCUT2D eigenvalue weighted by Crippen LogP contribution is -2.25. The molecule has 3 N–H and O–H groups in total. The van der Waals surface area contributed by atoms with Gasteiger partial charge in [-0.2, -0.15) is 0 Å². The Morgan fingerprint density at radius 2 is 1.94 bits per heavy atom. The van der Waals surface area contributed by atoms with Crippen molar-refractivity contribution in [2.45, 2.75) is 18.9 Å². The maximum Gasteiger partial charge on any atom is 0.0943 e. The van der Waals surface area contributed by atoms with Crippen molar-refractivity contribution in [3.63, 3.8) is 0 Å². The average molecular weight is 307 g/mol. The maximum atomic E-state index is 10.6. The molecule has 0 aliphatic rings. The summed E-state index contributed by atoms with van der Waals surface area (Å²) >= 11 is 3.39. The SMILES string of the molecule is CC(O)(Cc1ccc(Br)cc1)c1cnccc1N. The van der Waals surface area contributed by atoms with Gasteiger partial charge in [-0.05, 0) is 30.7 Å². The zero-order valence-corrected chi connectivity index (χ0v) is 11.7. The molecular weight excluding hydrogens is 292 g/mol. The molecular formula is C14H15BrN2O. The van der Waals surface area contributed by atoms with Crippen LogP contribution in [0, 0.1) is 0 Å². The van der Waals surface area contributed by atoms with Gasteiger partial charge < -0.3 is 10.8 Å². The fourth-order valence-electron chi connectivity index (χ4n) is 1.95. The smallest absolute Gasteiger partial charge is 0.0943 e. The van der Waals surface area contributed by atoms with Gasteiger partial charge >= 0.3 is 0 Å². The summed E-state index contributed by atoms with van der Waals surface area (Å²) in [4.78, 5) is 4.02. The molecule has 2 aromatic rings. The third-order valence-electron chi connectivity index (χ3n) is 2.90. The van der Waals surface area contributed by atoms with Crippen molar-refractivity contribution in [3.05, 3.63) is 58.3 Å². The minimum atomic E-state index is -1.02. The van der Waals surface area contributed by atoms with Crippen molar-refractivity contribution in [2.24, 2.45) is 0 Å². The Labute approximate surface area is 115 Å². The average Bonchev–Trinajstić information content (AvgIpc) is 2.32. The number of aliphatic hydroxyl groups is 1. The summed E-state index contributed by atoms with van der Waals surface area (Å²) in [6.45, 7) is 1.75. The molecule has 0 aliphatic heterocycles. The highest BCUT2D eigenvalue weighted by atomic mass is 79.9. The summed E-state index contributed by atoms with van der Waals surface area (Å²) in [6, 6.07) is 9.57. The van der Waals surface area contributed by atoms with Gasteiger partial charge in [-0.15, -0.1) is 0 Å². The molecule has 0 saturated carbocycles. The molecule has 1 atom stereocenters. The second kappa shape index (κ2) is 5.08. The third kappa shape index (κ3) is 2.89. The summed E-state index contributed by atoms with van der Waals surface area (Å²) in [5, 5.41) is 10.6. The molecule has 0 aliphatic carbocycles. The topological polar surface area (TPSA) is 59.1 Å². The lowest BCUT2D eigenvalue weighted by molar-refractivity contribution is 0.0580. The van der Waals surface area contributed by atoms with Crippen molar-refractivity contribution < 1.29 is 5.11 Å². The molecule has 0 bridgehead atoms. The molecule has 3 nitrogen and oxygen atoms in total. The van der Waals surface area contributed by atoms with E-state index in [1.807, 2.05) is 24.3 Å². The third-order valence-corrected chi connectivity index (χ3v) is 3.43. The molecule has 18 heavy (non-hydrogen) atoms. The molecule has 0 amide bonds. The van der Waals surface area contributed by atoms with Gasteiger partial charge in [-0.3, -0.25) is 4.98 Å². The minimum absolute atomic E-state index is 0.496. The van der Waals surface area contributed by atoms with Crippen LogP contribution in [-0.4, -0.2) is 10.1 Å². The molecule has 1 unspecified atom stereocenters. The van der Waals surface area contributed by atoms with Crippen LogP contribution in [0.15, 0.2) is 47.2 Å². The van der Waals surface area contributed by atoms with E-state index in [4.69, 9.17) is 5.73 Å². The van der Waals surface area contributed by atoms with Crippen LogP contribution in [0.5, 0.6) is 0 Å². The zero-order chi connectivity index (χ0) is 13.2. The van der Waals surface area contributed by atoms with Gasteiger partial charge in [0.15, 0.2) is 0 Å². The van der Waals surface area contributed by atoms with E-state index in [-0.39, 0.29) is 0 Å². The molecule has 4 heteroatoms. The zero-order valence-electron chi connectivity index (χ0n) is 10.1. The summed E-state index contributed by atoms with van der Waals surface area (Å²) < 4.78 is 1.02. The molecule has 0 radical (unpaired) electrons. The van der Waals surface area contributed by atoms with Crippen LogP contribution in [0.3, 0.4) is 0 Å². The highest BCUT2D eigenvalue weighted by Crippen LogP contribution is 2.29. The number of nitrogens with two attached hydrogens (primary N) is 1. The number of halogens is 1. The summed E-state index contributed by atoms with van der Waals surface area (Å²) in [6.07, 6.45) is 3.74. The van der Waals surface area contributed by atoms with Crippen LogP contribution in [0.2, 0.25) is 0 Å². The normalized spacial score (nSPS) is 14.2. The standard InChI is InChI=1S/C14H15BrN2O/c1-14(18,12-9-17-7-6-13(12)16)8-10-2-4-11(15)5-3-10/h2-7,9,18H,8H2,1H3,(H2,16,17). The summed E-state index contributed by atoms with van der Waals surface area (Å²) in [5.74, 6) is 0. The number of nitrogens with zero attached hydrogens (tertiary/aromatic N) is 1. The van der Waals surface area contributed by atoms with Crippen LogP contribution in [-0.2, 0) is 12.0 Å². The van der Waals surface area contributed by atoms with Crippen molar-refractivity contribution in [1.29, 1.82) is 0 Å². The highest BCUT2D eigenvalue weighted by Gasteiger charge is 2.26. The number of rotatable bonds is 3. The molecule has 0 saturated heterocycles. The highest BCUT2D eigenvalue weighted by molar-refractivity contribution is 9.10. The summed E-state index contributed by atoms with van der Waals surface area (Å²) in [7, 11) is 0. The van der Waals surface area contributed by atoms with Crippen LogP contribution in [0.1, 0.15) is 18.1 Å². The summed E-state index contributed by atoms with van der Waals surface area (Å²) in [5.41, 5.74) is 7.13. The first-order valence-electron chi connectivity index (χ1n) is 5.66. The quantitative estimate of drug-likeness (QED) is 0.916. The van der Waals surface area contributed by atoms with E-state index in [0.717, 1.165) is 10.0 Å². The van der Waals surface area contributed by atoms with Gasteiger partial charge in [0, 0.05) is 34.5 Å². The molecule has 1 aromatic heterocycles. The Morgan fingerprint density at radius 1 is 1.28 bits per heavy atom. The van der Waals surface area contributed by atoms with Crippen LogP contribution >= 0.6 is 15.9 Å². The van der Waals surface area contributed by atoms with E-state index in [1.54, 1.807) is 25.4 Å². The second-order valence-electron chi connectivity index (χ2n) is 4.54. The van der Waals surface area contributed by atoms with E-state index < -0.39 is 5.60 Å². The van der Waals surface area contributed by atoms with Gasteiger partial charge in [-0.25, -0.2) is 0 Å². The van der Waals surface area contributed by atoms with Gasteiger partial charge in [0.05, 0.1) is 5.60 Å². The Balaban J connectivity index is 2.27. The van der Waals surface area contributed by atoms with Gasteiger partial charge in [0.25, 0.3) is 0 Å². The second-order valence-corrected chi connectivity index (χ2v) is 5.46. The number of pyridine rings is 1. The predicted molar refractivity (Wildman–Crippen MR) is 76.1 cm³/mol. The molecule has 94 valence electrons. The van der Waals surface area contributed by atoms with Crippen molar-refractivity contribution in [1.82, 2.24) is 4.98 Å². The predicted octanol–water partition coefficient (Wildman–Crippen LogP) is 2.88. The first kappa shape index (κ1) is 13.1. The van der Waals surface area contributed by atoms with E-state index >= 15 is 0 Å². The largest absolute Gasteiger partial charge is 0.398 e. The lowest BCUT2D eigenvalue weighted by Gasteiger charge is -2.25. The monoisotopic (exact) mass is 306 g/mol. The van der Waals surface area contributed by atoms with Crippen molar-refractivity contribution in [2.75, 3.05) is 5.73 Å². The number of benzene rings is 1. The Kier molecular flexibility index (Phi) is 3.68. The Bertz CT molecular complexity index is 538. The number of hydrogen-bond acceptors (Lipinski definition) is 3. The van der Waals surface area contributed by atoms with Crippen LogP contribution in [0.4, 0.5) is 5.69 Å². The number of anilines is 1. The van der Waals surface area contributed by atoms with Gasteiger partial charge in [-0.1, -0.05) is 28.1 Å². The first-order valence-corrected chi connectivity index (χ1v) is 6.45. The maximum absolute atomic E-state index is 10.6. The molecule has 1 heterocycles. The fourth-order valence-corrected chi connectivity index (χ4v) is 2.21. The van der Waals surface area contributed by atoms with Crippen molar-refractivity contribution in [3.8, 4) is 0 Å². The molecule has 0 spiro atoms. The lowest BCUT2D eigenvalue weighted by atomic mass is 9.89. The van der Waals surface area contributed by atoms with Crippen molar-refractivity contribution >= 4 is 21.6 Å². The molecule has 0 fully saturated rings. The van der Waals surface area contributed by atoms with Crippen LogP contribution in [0.25, 0.3) is 0 Å². The minimum Gasteiger partial charge on any atom is -0.398 e.